The molecule has 0 fully saturated rings. The van der Waals surface area contributed by atoms with E-state index in [4.69, 9.17) is 18.9 Å². The second-order valence-corrected chi connectivity index (χ2v) is 7.50. The molecule has 0 aliphatic heterocycles. The lowest BCUT2D eigenvalue weighted by Gasteiger charge is -2.18. The standard InChI is InChI=1S/C24H48O4/c1-4-7-10-11-12-16-19-25-23-26-20-17-13-18-24(27-21-14-8-5-2)28-22-15-9-6-3/h17,20,24H,4-16,18-19,21-23H2,1-3H3. The van der Waals surface area contributed by atoms with Crippen molar-refractivity contribution in [1.82, 2.24) is 0 Å². The molecule has 0 aliphatic rings. The smallest absolute Gasteiger partial charge is 0.188 e. The van der Waals surface area contributed by atoms with E-state index in [9.17, 15) is 0 Å². The van der Waals surface area contributed by atoms with Crippen LogP contribution in [0.3, 0.4) is 0 Å². The van der Waals surface area contributed by atoms with Gasteiger partial charge in [0.15, 0.2) is 13.1 Å². The quantitative estimate of drug-likeness (QED) is 0.102. The van der Waals surface area contributed by atoms with Gasteiger partial charge >= 0.3 is 0 Å². The van der Waals surface area contributed by atoms with E-state index in [1.165, 1.54) is 57.8 Å². The molecular formula is C24H48O4. The van der Waals surface area contributed by atoms with Gasteiger partial charge in [-0.3, -0.25) is 0 Å². The lowest BCUT2D eigenvalue weighted by molar-refractivity contribution is -0.146. The van der Waals surface area contributed by atoms with Crippen LogP contribution < -0.4 is 0 Å². The van der Waals surface area contributed by atoms with Gasteiger partial charge in [-0.2, -0.15) is 0 Å². The monoisotopic (exact) mass is 400 g/mol. The molecule has 0 spiro atoms. The Kier molecular flexibility index (Phi) is 24.0. The van der Waals surface area contributed by atoms with Crippen LogP contribution in [0.4, 0.5) is 0 Å². The van der Waals surface area contributed by atoms with E-state index in [2.05, 4.69) is 20.8 Å². The van der Waals surface area contributed by atoms with Crippen molar-refractivity contribution < 1.29 is 18.9 Å². The number of hydrogen-bond donors (Lipinski definition) is 0. The van der Waals surface area contributed by atoms with Gasteiger partial charge in [-0.15, -0.1) is 0 Å². The molecule has 168 valence electrons. The zero-order chi connectivity index (χ0) is 20.5. The number of allylic oxidation sites excluding steroid dienone is 1. The Morgan fingerprint density at radius 1 is 0.643 bits per heavy atom. The van der Waals surface area contributed by atoms with Crippen LogP contribution in [0.2, 0.25) is 0 Å². The summed E-state index contributed by atoms with van der Waals surface area (Å²) < 4.78 is 22.7. The normalized spacial score (nSPS) is 11.7. The van der Waals surface area contributed by atoms with Crippen molar-refractivity contribution in [3.8, 4) is 0 Å². The average Bonchev–Trinajstić information content (AvgIpc) is 2.71. The maximum atomic E-state index is 5.91. The molecule has 0 aromatic rings. The zero-order valence-electron chi connectivity index (χ0n) is 19.1. The summed E-state index contributed by atoms with van der Waals surface area (Å²) in [5, 5.41) is 0. The molecule has 0 aliphatic carbocycles. The molecule has 0 heterocycles. The third-order valence-corrected chi connectivity index (χ3v) is 4.66. The molecule has 28 heavy (non-hydrogen) atoms. The fourth-order valence-electron chi connectivity index (χ4n) is 2.85. The predicted octanol–water partition coefficient (Wildman–Crippen LogP) is 7.37. The minimum absolute atomic E-state index is 0.0951. The Bertz CT molecular complexity index is 295. The summed E-state index contributed by atoms with van der Waals surface area (Å²) in [6, 6.07) is 0. The largest absolute Gasteiger partial charge is 0.475 e. The molecule has 0 aromatic heterocycles. The Morgan fingerprint density at radius 3 is 1.82 bits per heavy atom. The van der Waals surface area contributed by atoms with Gasteiger partial charge in [0.1, 0.15) is 0 Å². The van der Waals surface area contributed by atoms with Crippen LogP contribution in [0.25, 0.3) is 0 Å². The number of hydrogen-bond acceptors (Lipinski definition) is 4. The average molecular weight is 401 g/mol. The summed E-state index contributed by atoms with van der Waals surface area (Å²) in [5.74, 6) is 0. The van der Waals surface area contributed by atoms with E-state index in [-0.39, 0.29) is 6.29 Å². The summed E-state index contributed by atoms with van der Waals surface area (Å²) in [7, 11) is 0. The van der Waals surface area contributed by atoms with Crippen molar-refractivity contribution in [2.24, 2.45) is 0 Å². The first kappa shape index (κ1) is 27.4. The topological polar surface area (TPSA) is 36.9 Å². The van der Waals surface area contributed by atoms with Gasteiger partial charge in [-0.1, -0.05) is 78.6 Å². The Hall–Kier alpha value is -0.580. The van der Waals surface area contributed by atoms with Gasteiger partial charge in [-0.05, 0) is 31.8 Å². The molecule has 0 rings (SSSR count). The van der Waals surface area contributed by atoms with E-state index in [1.54, 1.807) is 6.26 Å². The molecule has 0 N–H and O–H groups in total. The summed E-state index contributed by atoms with van der Waals surface area (Å²) in [5.41, 5.74) is 0. The molecule has 0 bridgehead atoms. The van der Waals surface area contributed by atoms with E-state index in [0.717, 1.165) is 51.9 Å². The lowest BCUT2D eigenvalue weighted by Crippen LogP contribution is -2.18. The summed E-state index contributed by atoms with van der Waals surface area (Å²) in [6.45, 7) is 9.38. The predicted molar refractivity (Wildman–Crippen MR) is 118 cm³/mol. The second kappa shape index (κ2) is 24.5. The third kappa shape index (κ3) is 21.7. The summed E-state index contributed by atoms with van der Waals surface area (Å²) in [4.78, 5) is 0. The van der Waals surface area contributed by atoms with Crippen LogP contribution in [-0.2, 0) is 18.9 Å². The van der Waals surface area contributed by atoms with Gasteiger partial charge < -0.3 is 18.9 Å². The van der Waals surface area contributed by atoms with Crippen molar-refractivity contribution >= 4 is 0 Å². The van der Waals surface area contributed by atoms with Crippen molar-refractivity contribution in [1.29, 1.82) is 0 Å². The highest BCUT2D eigenvalue weighted by molar-refractivity contribution is 4.73. The molecule has 4 heteroatoms. The highest BCUT2D eigenvalue weighted by atomic mass is 16.7. The second-order valence-electron chi connectivity index (χ2n) is 7.50. The lowest BCUT2D eigenvalue weighted by atomic mass is 10.1. The first-order valence-electron chi connectivity index (χ1n) is 11.9. The van der Waals surface area contributed by atoms with Crippen molar-refractivity contribution in [2.45, 2.75) is 117 Å². The van der Waals surface area contributed by atoms with Gasteiger partial charge in [-0.25, -0.2) is 0 Å². The molecule has 4 nitrogen and oxygen atoms in total. The van der Waals surface area contributed by atoms with E-state index >= 15 is 0 Å². The van der Waals surface area contributed by atoms with Crippen LogP contribution in [0.1, 0.15) is 111 Å². The van der Waals surface area contributed by atoms with Crippen LogP contribution in [0.5, 0.6) is 0 Å². The highest BCUT2D eigenvalue weighted by Crippen LogP contribution is 2.09. The van der Waals surface area contributed by atoms with Crippen LogP contribution in [0.15, 0.2) is 12.3 Å². The summed E-state index contributed by atoms with van der Waals surface area (Å²) >= 11 is 0. The summed E-state index contributed by atoms with van der Waals surface area (Å²) in [6.07, 6.45) is 20.2. The fraction of sp³-hybridized carbons (Fsp3) is 0.917. The van der Waals surface area contributed by atoms with E-state index in [1.807, 2.05) is 6.08 Å². The minimum atomic E-state index is -0.0951. The van der Waals surface area contributed by atoms with Crippen molar-refractivity contribution in [3.05, 3.63) is 12.3 Å². The number of ether oxygens (including phenoxy) is 4. The number of rotatable bonds is 23. The SMILES string of the molecule is CCCCCCCCOCOC=CCCC(OCCCCC)OCCCCC. The number of unbranched alkanes of at least 4 members (excludes halogenated alkanes) is 9. The maximum absolute atomic E-state index is 5.91. The molecule has 0 unspecified atom stereocenters. The first-order chi connectivity index (χ1) is 13.8. The van der Waals surface area contributed by atoms with Crippen LogP contribution >= 0.6 is 0 Å². The maximum Gasteiger partial charge on any atom is 0.188 e. The molecule has 0 amide bonds. The van der Waals surface area contributed by atoms with Gasteiger partial charge in [0.2, 0.25) is 0 Å². The first-order valence-corrected chi connectivity index (χ1v) is 11.9. The molecule has 0 saturated carbocycles. The highest BCUT2D eigenvalue weighted by Gasteiger charge is 2.08. The zero-order valence-corrected chi connectivity index (χ0v) is 19.1. The molecule has 0 saturated heterocycles. The van der Waals surface area contributed by atoms with Gasteiger partial charge in [0, 0.05) is 19.6 Å². The Morgan fingerprint density at radius 2 is 1.18 bits per heavy atom. The Balaban J connectivity index is 3.64. The van der Waals surface area contributed by atoms with E-state index in [0.29, 0.717) is 6.79 Å². The van der Waals surface area contributed by atoms with Gasteiger partial charge in [0.05, 0.1) is 12.9 Å². The van der Waals surface area contributed by atoms with Gasteiger partial charge in [0.25, 0.3) is 0 Å². The molecule has 0 radical (unpaired) electrons. The van der Waals surface area contributed by atoms with E-state index < -0.39 is 0 Å². The van der Waals surface area contributed by atoms with Crippen molar-refractivity contribution in [2.75, 3.05) is 26.6 Å². The Labute approximate surface area is 175 Å². The minimum Gasteiger partial charge on any atom is -0.475 e. The molecule has 0 atom stereocenters. The van der Waals surface area contributed by atoms with Crippen LogP contribution in [-0.4, -0.2) is 32.9 Å². The third-order valence-electron chi connectivity index (χ3n) is 4.66. The fourth-order valence-corrected chi connectivity index (χ4v) is 2.85. The van der Waals surface area contributed by atoms with Crippen LogP contribution in [0, 0.1) is 0 Å². The van der Waals surface area contributed by atoms with Crippen molar-refractivity contribution in [3.63, 3.8) is 0 Å². The molecular weight excluding hydrogens is 352 g/mol. The molecule has 0 aromatic carbocycles.